The van der Waals surface area contributed by atoms with Gasteiger partial charge in [0.1, 0.15) is 16.7 Å². The summed E-state index contributed by atoms with van der Waals surface area (Å²) < 4.78 is 12.6. The smallest absolute Gasteiger partial charge is 0.227 e. The van der Waals surface area contributed by atoms with Gasteiger partial charge in [0.2, 0.25) is 5.89 Å². The van der Waals surface area contributed by atoms with Crippen LogP contribution in [-0.2, 0) is 0 Å². The summed E-state index contributed by atoms with van der Waals surface area (Å²) in [4.78, 5) is 7.25. The summed E-state index contributed by atoms with van der Waals surface area (Å²) in [6.07, 6.45) is 0. The van der Waals surface area contributed by atoms with Gasteiger partial charge < -0.3 is 13.7 Å². The first-order valence-electron chi connectivity index (χ1n) is 13.0. The molecule has 0 aliphatic heterocycles. The number of fused-ring (bicyclic) bond motifs is 6. The predicted octanol–water partition coefficient (Wildman–Crippen LogP) is 10.0. The minimum Gasteiger partial charge on any atom is -0.456 e. The lowest BCUT2D eigenvalue weighted by Gasteiger charge is -2.25. The van der Waals surface area contributed by atoms with Crippen molar-refractivity contribution in [3.05, 3.63) is 133 Å². The summed E-state index contributed by atoms with van der Waals surface area (Å²) in [5, 5.41) is 4.35. The third-order valence-electron chi connectivity index (χ3n) is 7.24. The molecular formula is C35H22N2O2. The zero-order chi connectivity index (χ0) is 25.8. The molecule has 0 unspecified atom stereocenters. The van der Waals surface area contributed by atoms with Crippen LogP contribution in [0.25, 0.3) is 55.3 Å². The largest absolute Gasteiger partial charge is 0.456 e. The van der Waals surface area contributed by atoms with Crippen LogP contribution in [0.1, 0.15) is 0 Å². The molecule has 8 rings (SSSR count). The molecule has 4 nitrogen and oxygen atoms in total. The zero-order valence-corrected chi connectivity index (χ0v) is 20.9. The van der Waals surface area contributed by atoms with Crippen molar-refractivity contribution in [2.45, 2.75) is 0 Å². The monoisotopic (exact) mass is 502 g/mol. The van der Waals surface area contributed by atoms with Crippen molar-refractivity contribution < 1.29 is 8.83 Å². The van der Waals surface area contributed by atoms with Crippen LogP contribution in [0.15, 0.2) is 142 Å². The Morgan fingerprint density at radius 2 is 1.13 bits per heavy atom. The minimum atomic E-state index is 0.579. The first kappa shape index (κ1) is 21.7. The second-order valence-corrected chi connectivity index (χ2v) is 9.66. The molecule has 0 aliphatic rings. The normalized spacial score (nSPS) is 11.6. The van der Waals surface area contributed by atoms with E-state index in [2.05, 4.69) is 95.9 Å². The van der Waals surface area contributed by atoms with Gasteiger partial charge in [0.15, 0.2) is 5.58 Å². The van der Waals surface area contributed by atoms with Crippen LogP contribution in [0.4, 0.5) is 17.1 Å². The van der Waals surface area contributed by atoms with E-state index in [0.717, 1.165) is 61.1 Å². The van der Waals surface area contributed by atoms with E-state index < -0.39 is 0 Å². The van der Waals surface area contributed by atoms with E-state index in [9.17, 15) is 0 Å². The number of nitrogens with zero attached hydrogens (tertiary/aromatic N) is 2. The van der Waals surface area contributed by atoms with Gasteiger partial charge in [-0.3, -0.25) is 0 Å². The van der Waals surface area contributed by atoms with Crippen molar-refractivity contribution in [1.82, 2.24) is 4.98 Å². The van der Waals surface area contributed by atoms with Crippen LogP contribution >= 0.6 is 0 Å². The Bertz CT molecular complexity index is 2090. The Balaban J connectivity index is 1.29. The maximum absolute atomic E-state index is 6.34. The molecule has 0 saturated heterocycles. The molecule has 2 aromatic heterocycles. The number of para-hydroxylation sites is 2. The fraction of sp³-hybridized carbons (Fsp3) is 0. The molecule has 0 N–H and O–H groups in total. The summed E-state index contributed by atoms with van der Waals surface area (Å²) >= 11 is 0. The van der Waals surface area contributed by atoms with Gasteiger partial charge in [-0.05, 0) is 77.5 Å². The lowest BCUT2D eigenvalue weighted by Crippen LogP contribution is -2.09. The molecule has 0 spiro atoms. The Kier molecular flexibility index (Phi) is 4.79. The van der Waals surface area contributed by atoms with Crippen LogP contribution < -0.4 is 4.90 Å². The van der Waals surface area contributed by atoms with Gasteiger partial charge >= 0.3 is 0 Å². The number of hydrogen-bond donors (Lipinski definition) is 0. The van der Waals surface area contributed by atoms with Crippen molar-refractivity contribution in [2.75, 3.05) is 4.90 Å². The fourth-order valence-electron chi connectivity index (χ4n) is 5.44. The number of oxazole rings is 1. The lowest BCUT2D eigenvalue weighted by molar-refractivity contribution is 0.619. The second kappa shape index (κ2) is 8.61. The number of rotatable bonds is 4. The molecule has 0 radical (unpaired) electrons. The number of aromatic nitrogens is 1. The van der Waals surface area contributed by atoms with E-state index in [1.165, 1.54) is 5.39 Å². The van der Waals surface area contributed by atoms with Gasteiger partial charge in [0.25, 0.3) is 0 Å². The summed E-state index contributed by atoms with van der Waals surface area (Å²) in [5.74, 6) is 0.579. The summed E-state index contributed by atoms with van der Waals surface area (Å²) in [5.41, 5.74) is 7.30. The van der Waals surface area contributed by atoms with Crippen molar-refractivity contribution in [2.24, 2.45) is 0 Å². The maximum Gasteiger partial charge on any atom is 0.227 e. The van der Waals surface area contributed by atoms with Gasteiger partial charge in [-0.1, -0.05) is 66.7 Å². The van der Waals surface area contributed by atoms with Crippen LogP contribution in [0.2, 0.25) is 0 Å². The number of benzene rings is 6. The highest BCUT2D eigenvalue weighted by Crippen LogP contribution is 2.39. The van der Waals surface area contributed by atoms with Crippen LogP contribution in [-0.4, -0.2) is 4.98 Å². The lowest BCUT2D eigenvalue weighted by atomic mass is 10.1. The van der Waals surface area contributed by atoms with Gasteiger partial charge in [-0.2, -0.15) is 0 Å². The van der Waals surface area contributed by atoms with E-state index in [4.69, 9.17) is 13.8 Å². The van der Waals surface area contributed by atoms with E-state index in [0.29, 0.717) is 5.89 Å². The van der Waals surface area contributed by atoms with E-state index in [1.54, 1.807) is 0 Å². The molecule has 0 saturated carbocycles. The van der Waals surface area contributed by atoms with Gasteiger partial charge in [-0.25, -0.2) is 4.98 Å². The molecular weight excluding hydrogens is 480 g/mol. The van der Waals surface area contributed by atoms with Gasteiger partial charge in [0, 0.05) is 28.0 Å². The summed E-state index contributed by atoms with van der Waals surface area (Å²) in [6.45, 7) is 0. The molecule has 0 fully saturated rings. The van der Waals surface area contributed by atoms with Crippen molar-refractivity contribution in [3.63, 3.8) is 0 Å². The average Bonchev–Trinajstić information content (AvgIpc) is 3.58. The topological polar surface area (TPSA) is 42.4 Å². The maximum atomic E-state index is 6.34. The predicted molar refractivity (Wildman–Crippen MR) is 159 cm³/mol. The third kappa shape index (κ3) is 3.57. The highest BCUT2D eigenvalue weighted by molar-refractivity contribution is 6.19. The quantitative estimate of drug-likeness (QED) is 0.240. The third-order valence-corrected chi connectivity index (χ3v) is 7.24. The molecule has 4 heteroatoms. The second-order valence-electron chi connectivity index (χ2n) is 9.66. The highest BCUT2D eigenvalue weighted by Gasteiger charge is 2.18. The van der Waals surface area contributed by atoms with Crippen molar-refractivity contribution >= 4 is 60.9 Å². The van der Waals surface area contributed by atoms with E-state index >= 15 is 0 Å². The average molecular weight is 503 g/mol. The first-order chi connectivity index (χ1) is 19.3. The molecule has 8 aromatic rings. The molecule has 184 valence electrons. The van der Waals surface area contributed by atoms with Crippen LogP contribution in [0.3, 0.4) is 0 Å². The molecule has 0 atom stereocenters. The summed E-state index contributed by atoms with van der Waals surface area (Å²) in [7, 11) is 0. The molecule has 2 heterocycles. The van der Waals surface area contributed by atoms with Crippen LogP contribution in [0.5, 0.6) is 0 Å². The zero-order valence-electron chi connectivity index (χ0n) is 20.9. The number of hydrogen-bond acceptors (Lipinski definition) is 4. The fourth-order valence-corrected chi connectivity index (χ4v) is 5.44. The minimum absolute atomic E-state index is 0.579. The van der Waals surface area contributed by atoms with Crippen molar-refractivity contribution in [1.29, 1.82) is 0 Å². The Morgan fingerprint density at radius 1 is 0.487 bits per heavy atom. The Hall–Kier alpha value is -5.35. The Morgan fingerprint density at radius 3 is 1.87 bits per heavy atom. The SMILES string of the molecule is c1ccc(N(c2ccccc2)c2cccc(-c3nc4c(ccc5oc6cc7ccccc7cc6c54)o3)c2)cc1. The standard InChI is InChI=1S/C35H22N2O2/c1-3-13-26(14-4-1)37(27-15-5-2-6-16-27)28-17-9-12-25(20-28)35-36-34-31(39-35)19-18-30-33(34)29-21-23-10-7-8-11-24(23)22-32(29)38-30/h1-22H. The first-order valence-corrected chi connectivity index (χ1v) is 13.0. The van der Waals surface area contributed by atoms with Crippen LogP contribution in [0, 0.1) is 0 Å². The summed E-state index contributed by atoms with van der Waals surface area (Å²) in [6, 6.07) is 45.6. The highest BCUT2D eigenvalue weighted by atomic mass is 16.4. The van der Waals surface area contributed by atoms with Gasteiger partial charge in [0.05, 0.1) is 5.39 Å². The number of anilines is 3. The Labute approximate surface area is 224 Å². The molecule has 0 aliphatic carbocycles. The molecule has 0 amide bonds. The van der Waals surface area contributed by atoms with Crippen molar-refractivity contribution in [3.8, 4) is 11.5 Å². The molecule has 39 heavy (non-hydrogen) atoms. The number of furan rings is 1. The van der Waals surface area contributed by atoms with E-state index in [-0.39, 0.29) is 0 Å². The van der Waals surface area contributed by atoms with Gasteiger partial charge in [-0.15, -0.1) is 0 Å². The molecule has 6 aromatic carbocycles. The molecule has 0 bridgehead atoms. The van der Waals surface area contributed by atoms with E-state index in [1.807, 2.05) is 42.5 Å².